The SMILES string of the molecule is CCCNCc1ccc([N+](=O)[O-])cc1.Cl. The first kappa shape index (κ1) is 13.9. The zero-order chi connectivity index (χ0) is 10.4. The number of nitro benzene ring substituents is 1. The van der Waals surface area contributed by atoms with Crippen molar-refractivity contribution < 1.29 is 4.92 Å². The van der Waals surface area contributed by atoms with Gasteiger partial charge in [-0.1, -0.05) is 19.1 Å². The molecule has 0 fully saturated rings. The highest BCUT2D eigenvalue weighted by Crippen LogP contribution is 2.11. The van der Waals surface area contributed by atoms with Crippen molar-refractivity contribution in [2.45, 2.75) is 19.9 Å². The number of nitrogens with zero attached hydrogens (tertiary/aromatic N) is 1. The number of benzene rings is 1. The largest absolute Gasteiger partial charge is 0.313 e. The van der Waals surface area contributed by atoms with E-state index in [2.05, 4.69) is 12.2 Å². The monoisotopic (exact) mass is 230 g/mol. The highest BCUT2D eigenvalue weighted by Gasteiger charge is 2.02. The van der Waals surface area contributed by atoms with Crippen molar-refractivity contribution in [2.24, 2.45) is 0 Å². The molecule has 0 saturated heterocycles. The molecule has 0 amide bonds. The Balaban J connectivity index is 0.00000196. The predicted octanol–water partition coefficient (Wildman–Crippen LogP) is 2.52. The first-order chi connectivity index (χ1) is 6.74. The van der Waals surface area contributed by atoms with Gasteiger partial charge in [0.25, 0.3) is 5.69 Å². The average Bonchev–Trinajstić information content (AvgIpc) is 2.19. The fourth-order valence-corrected chi connectivity index (χ4v) is 1.15. The average molecular weight is 231 g/mol. The van der Waals surface area contributed by atoms with Crippen LogP contribution in [0.4, 0.5) is 5.69 Å². The van der Waals surface area contributed by atoms with E-state index in [1.165, 1.54) is 12.1 Å². The quantitative estimate of drug-likeness (QED) is 0.480. The summed E-state index contributed by atoms with van der Waals surface area (Å²) in [5, 5.41) is 13.6. The van der Waals surface area contributed by atoms with Crippen molar-refractivity contribution in [3.05, 3.63) is 39.9 Å². The normalized spacial score (nSPS) is 9.40. The van der Waals surface area contributed by atoms with Gasteiger partial charge in [-0.05, 0) is 18.5 Å². The molecule has 15 heavy (non-hydrogen) atoms. The van der Waals surface area contributed by atoms with Crippen LogP contribution in [0.25, 0.3) is 0 Å². The van der Waals surface area contributed by atoms with Gasteiger partial charge in [0.1, 0.15) is 0 Å². The highest BCUT2D eigenvalue weighted by molar-refractivity contribution is 5.85. The van der Waals surface area contributed by atoms with Crippen LogP contribution in [-0.2, 0) is 6.54 Å². The molecule has 0 aromatic heterocycles. The van der Waals surface area contributed by atoms with Crippen molar-refractivity contribution in [1.82, 2.24) is 5.32 Å². The molecule has 0 aliphatic carbocycles. The van der Waals surface area contributed by atoms with Crippen molar-refractivity contribution in [3.8, 4) is 0 Å². The maximum Gasteiger partial charge on any atom is 0.269 e. The van der Waals surface area contributed by atoms with Crippen molar-refractivity contribution in [2.75, 3.05) is 6.54 Å². The zero-order valence-electron chi connectivity index (χ0n) is 8.60. The maximum atomic E-state index is 10.4. The maximum absolute atomic E-state index is 10.4. The van der Waals surface area contributed by atoms with E-state index in [0.717, 1.165) is 25.1 Å². The molecule has 0 atom stereocenters. The lowest BCUT2D eigenvalue weighted by atomic mass is 10.2. The molecule has 1 rings (SSSR count). The third kappa shape index (κ3) is 4.76. The molecule has 0 saturated carbocycles. The van der Waals surface area contributed by atoms with Crippen LogP contribution in [0.1, 0.15) is 18.9 Å². The first-order valence-corrected chi connectivity index (χ1v) is 4.68. The number of halogens is 1. The Morgan fingerprint density at radius 3 is 2.40 bits per heavy atom. The lowest BCUT2D eigenvalue weighted by molar-refractivity contribution is -0.384. The van der Waals surface area contributed by atoms with E-state index in [1.807, 2.05) is 0 Å². The topological polar surface area (TPSA) is 55.2 Å². The van der Waals surface area contributed by atoms with E-state index in [9.17, 15) is 10.1 Å². The Hall–Kier alpha value is -1.13. The van der Waals surface area contributed by atoms with Gasteiger partial charge in [0.15, 0.2) is 0 Å². The van der Waals surface area contributed by atoms with E-state index >= 15 is 0 Å². The summed E-state index contributed by atoms with van der Waals surface area (Å²) in [6.45, 7) is 3.84. The summed E-state index contributed by atoms with van der Waals surface area (Å²) in [5.41, 5.74) is 1.22. The summed E-state index contributed by atoms with van der Waals surface area (Å²) >= 11 is 0. The van der Waals surface area contributed by atoms with Crippen LogP contribution in [0.15, 0.2) is 24.3 Å². The Morgan fingerprint density at radius 2 is 1.93 bits per heavy atom. The second-order valence-corrected chi connectivity index (χ2v) is 3.10. The summed E-state index contributed by atoms with van der Waals surface area (Å²) in [5.74, 6) is 0. The van der Waals surface area contributed by atoms with E-state index in [4.69, 9.17) is 0 Å². The summed E-state index contributed by atoms with van der Waals surface area (Å²) in [4.78, 5) is 9.98. The predicted molar refractivity (Wildman–Crippen MR) is 62.3 cm³/mol. The van der Waals surface area contributed by atoms with E-state index in [-0.39, 0.29) is 23.0 Å². The van der Waals surface area contributed by atoms with Gasteiger partial charge in [-0.2, -0.15) is 0 Å². The molecule has 4 nitrogen and oxygen atoms in total. The van der Waals surface area contributed by atoms with Gasteiger partial charge < -0.3 is 5.32 Å². The molecule has 0 unspecified atom stereocenters. The lowest BCUT2D eigenvalue weighted by Gasteiger charge is -2.02. The minimum absolute atomic E-state index is 0. The van der Waals surface area contributed by atoms with Crippen molar-refractivity contribution in [1.29, 1.82) is 0 Å². The van der Waals surface area contributed by atoms with Gasteiger partial charge >= 0.3 is 0 Å². The van der Waals surface area contributed by atoms with Gasteiger partial charge in [-0.3, -0.25) is 10.1 Å². The molecular weight excluding hydrogens is 216 g/mol. The summed E-state index contributed by atoms with van der Waals surface area (Å²) in [7, 11) is 0. The van der Waals surface area contributed by atoms with Gasteiger partial charge in [-0.25, -0.2) is 0 Å². The molecule has 84 valence electrons. The Kier molecular flexibility index (Phi) is 6.66. The number of non-ortho nitro benzene ring substituents is 1. The van der Waals surface area contributed by atoms with Crippen LogP contribution in [-0.4, -0.2) is 11.5 Å². The molecule has 5 heteroatoms. The first-order valence-electron chi connectivity index (χ1n) is 4.68. The van der Waals surface area contributed by atoms with Crippen LogP contribution in [0.2, 0.25) is 0 Å². The summed E-state index contributed by atoms with van der Waals surface area (Å²) in [6.07, 6.45) is 1.09. The Morgan fingerprint density at radius 1 is 1.33 bits per heavy atom. The molecule has 0 heterocycles. The number of hydrogen-bond acceptors (Lipinski definition) is 3. The summed E-state index contributed by atoms with van der Waals surface area (Å²) in [6, 6.07) is 6.62. The van der Waals surface area contributed by atoms with E-state index in [1.54, 1.807) is 12.1 Å². The Bertz CT molecular complexity index is 301. The lowest BCUT2D eigenvalue weighted by Crippen LogP contribution is -2.13. The van der Waals surface area contributed by atoms with Crippen LogP contribution >= 0.6 is 12.4 Å². The zero-order valence-corrected chi connectivity index (χ0v) is 9.42. The number of nitro groups is 1. The summed E-state index contributed by atoms with van der Waals surface area (Å²) < 4.78 is 0. The van der Waals surface area contributed by atoms with Gasteiger partial charge in [0.05, 0.1) is 4.92 Å². The van der Waals surface area contributed by atoms with Crippen LogP contribution in [0.5, 0.6) is 0 Å². The molecule has 0 aliphatic heterocycles. The number of nitrogens with one attached hydrogen (secondary N) is 1. The highest BCUT2D eigenvalue weighted by atomic mass is 35.5. The van der Waals surface area contributed by atoms with Crippen LogP contribution < -0.4 is 5.32 Å². The molecule has 1 N–H and O–H groups in total. The minimum Gasteiger partial charge on any atom is -0.313 e. The van der Waals surface area contributed by atoms with Gasteiger partial charge in [0, 0.05) is 18.7 Å². The second-order valence-electron chi connectivity index (χ2n) is 3.10. The molecule has 1 aromatic carbocycles. The van der Waals surface area contributed by atoms with Gasteiger partial charge in [-0.15, -0.1) is 12.4 Å². The van der Waals surface area contributed by atoms with Crippen LogP contribution in [0, 0.1) is 10.1 Å². The second kappa shape index (κ2) is 7.20. The molecule has 1 aromatic rings. The number of rotatable bonds is 5. The van der Waals surface area contributed by atoms with E-state index < -0.39 is 0 Å². The third-order valence-corrected chi connectivity index (χ3v) is 1.90. The van der Waals surface area contributed by atoms with Crippen LogP contribution in [0.3, 0.4) is 0 Å². The molecule has 0 spiro atoms. The van der Waals surface area contributed by atoms with Crippen molar-refractivity contribution >= 4 is 18.1 Å². The standard InChI is InChI=1S/C10H14N2O2.ClH/c1-2-7-11-8-9-3-5-10(6-4-9)12(13)14;/h3-6,11H,2,7-8H2,1H3;1H. The molecule has 0 bridgehead atoms. The van der Waals surface area contributed by atoms with E-state index in [0.29, 0.717) is 0 Å². The molecule has 0 aliphatic rings. The fraction of sp³-hybridized carbons (Fsp3) is 0.400. The Labute approximate surface area is 95.2 Å². The van der Waals surface area contributed by atoms with Gasteiger partial charge in [0.2, 0.25) is 0 Å². The smallest absolute Gasteiger partial charge is 0.269 e. The minimum atomic E-state index is -0.386. The molecule has 0 radical (unpaired) electrons. The number of hydrogen-bond donors (Lipinski definition) is 1. The third-order valence-electron chi connectivity index (χ3n) is 1.90. The van der Waals surface area contributed by atoms with Crippen molar-refractivity contribution in [3.63, 3.8) is 0 Å². The fourth-order valence-electron chi connectivity index (χ4n) is 1.15. The molecular formula is C10H15ClN2O2.